The fourth-order valence-corrected chi connectivity index (χ4v) is 2.05. The summed E-state index contributed by atoms with van der Waals surface area (Å²) >= 11 is 3.19. The van der Waals surface area contributed by atoms with E-state index in [9.17, 15) is 9.18 Å². The molecule has 2 aromatic rings. The number of rotatable bonds is 4. The van der Waals surface area contributed by atoms with Crippen molar-refractivity contribution in [1.82, 2.24) is 0 Å². The summed E-state index contributed by atoms with van der Waals surface area (Å²) in [5, 5.41) is 2.80. The van der Waals surface area contributed by atoms with E-state index in [2.05, 4.69) is 21.2 Å². The van der Waals surface area contributed by atoms with Gasteiger partial charge in [-0.25, -0.2) is 4.39 Å². The molecular weight excluding hydrogens is 323 g/mol. The molecule has 3 nitrogen and oxygen atoms in total. The Morgan fingerprint density at radius 1 is 1.25 bits per heavy atom. The van der Waals surface area contributed by atoms with Gasteiger partial charge in [0.25, 0.3) is 0 Å². The molecule has 0 aliphatic heterocycles. The number of anilines is 2. The average molecular weight is 337 g/mol. The van der Waals surface area contributed by atoms with E-state index >= 15 is 0 Å². The SMILES string of the molecule is CN(C(=O)CNc1ccc(Br)cc1F)c1ccccc1. The Morgan fingerprint density at radius 2 is 1.95 bits per heavy atom. The highest BCUT2D eigenvalue weighted by molar-refractivity contribution is 9.10. The van der Waals surface area contributed by atoms with Crippen molar-refractivity contribution in [1.29, 1.82) is 0 Å². The smallest absolute Gasteiger partial charge is 0.246 e. The molecule has 0 unspecified atom stereocenters. The maximum atomic E-state index is 13.6. The monoisotopic (exact) mass is 336 g/mol. The third-order valence-corrected chi connectivity index (χ3v) is 3.37. The summed E-state index contributed by atoms with van der Waals surface area (Å²) in [6, 6.07) is 14.0. The molecule has 0 saturated heterocycles. The number of halogens is 2. The molecule has 0 aromatic heterocycles. The van der Waals surface area contributed by atoms with Crippen LogP contribution in [0.3, 0.4) is 0 Å². The second-order valence-electron chi connectivity index (χ2n) is 4.27. The van der Waals surface area contributed by atoms with Crippen LogP contribution < -0.4 is 10.2 Å². The van der Waals surface area contributed by atoms with Crippen molar-refractivity contribution >= 4 is 33.2 Å². The lowest BCUT2D eigenvalue weighted by Crippen LogP contribution is -2.32. The van der Waals surface area contributed by atoms with Crippen LogP contribution in [0.15, 0.2) is 53.0 Å². The van der Waals surface area contributed by atoms with E-state index in [0.717, 1.165) is 5.69 Å². The molecule has 0 bridgehead atoms. The zero-order valence-corrected chi connectivity index (χ0v) is 12.5. The molecule has 0 spiro atoms. The Hall–Kier alpha value is -1.88. The number of hydrogen-bond acceptors (Lipinski definition) is 2. The third-order valence-electron chi connectivity index (χ3n) is 2.88. The minimum Gasteiger partial charge on any atom is -0.374 e. The summed E-state index contributed by atoms with van der Waals surface area (Å²) in [6.07, 6.45) is 0. The lowest BCUT2D eigenvalue weighted by molar-refractivity contribution is -0.116. The van der Waals surface area contributed by atoms with E-state index in [1.807, 2.05) is 30.3 Å². The van der Waals surface area contributed by atoms with Crippen LogP contribution in [-0.2, 0) is 4.79 Å². The summed E-state index contributed by atoms with van der Waals surface area (Å²) in [7, 11) is 1.69. The van der Waals surface area contributed by atoms with Crippen LogP contribution in [0, 0.1) is 5.82 Å². The molecule has 0 fully saturated rings. The van der Waals surface area contributed by atoms with E-state index in [1.54, 1.807) is 19.2 Å². The van der Waals surface area contributed by atoms with Crippen molar-refractivity contribution in [3.63, 3.8) is 0 Å². The predicted octanol–water partition coefficient (Wildman–Crippen LogP) is 3.66. The molecule has 0 atom stereocenters. The minimum atomic E-state index is -0.394. The lowest BCUT2D eigenvalue weighted by atomic mass is 10.3. The van der Waals surface area contributed by atoms with E-state index in [1.165, 1.54) is 11.0 Å². The summed E-state index contributed by atoms with van der Waals surface area (Å²) in [6.45, 7) is 0.0317. The number of hydrogen-bond donors (Lipinski definition) is 1. The molecule has 0 radical (unpaired) electrons. The predicted molar refractivity (Wildman–Crippen MR) is 82.4 cm³/mol. The van der Waals surface area contributed by atoms with Crippen molar-refractivity contribution in [3.8, 4) is 0 Å². The van der Waals surface area contributed by atoms with E-state index in [0.29, 0.717) is 10.2 Å². The molecule has 1 amide bonds. The van der Waals surface area contributed by atoms with E-state index < -0.39 is 5.82 Å². The summed E-state index contributed by atoms with van der Waals surface area (Å²) < 4.78 is 14.3. The highest BCUT2D eigenvalue weighted by Crippen LogP contribution is 2.19. The first-order valence-electron chi connectivity index (χ1n) is 6.08. The van der Waals surface area contributed by atoms with Crippen molar-refractivity contribution in [2.45, 2.75) is 0 Å². The van der Waals surface area contributed by atoms with Crippen molar-refractivity contribution in [3.05, 3.63) is 58.8 Å². The van der Waals surface area contributed by atoms with Gasteiger partial charge in [-0.15, -0.1) is 0 Å². The van der Waals surface area contributed by atoms with Gasteiger partial charge in [0.05, 0.1) is 12.2 Å². The second kappa shape index (κ2) is 6.52. The number of nitrogens with zero attached hydrogens (tertiary/aromatic N) is 1. The molecule has 0 aliphatic rings. The molecular formula is C15H14BrFN2O. The van der Waals surface area contributed by atoms with Gasteiger partial charge in [0.1, 0.15) is 5.82 Å². The number of carbonyl (C=O) groups excluding carboxylic acids is 1. The zero-order valence-electron chi connectivity index (χ0n) is 10.9. The molecule has 0 aliphatic carbocycles. The molecule has 0 heterocycles. The Bertz CT molecular complexity index is 604. The van der Waals surface area contributed by atoms with Crippen LogP contribution in [-0.4, -0.2) is 19.5 Å². The van der Waals surface area contributed by atoms with Gasteiger partial charge in [0.2, 0.25) is 5.91 Å². The fraction of sp³-hybridized carbons (Fsp3) is 0.133. The highest BCUT2D eigenvalue weighted by atomic mass is 79.9. The topological polar surface area (TPSA) is 32.3 Å². The van der Waals surface area contributed by atoms with Gasteiger partial charge >= 0.3 is 0 Å². The van der Waals surface area contributed by atoms with Crippen molar-refractivity contribution < 1.29 is 9.18 Å². The molecule has 2 rings (SSSR count). The van der Waals surface area contributed by atoms with Crippen LogP contribution >= 0.6 is 15.9 Å². The summed E-state index contributed by atoms with van der Waals surface area (Å²) in [5.41, 5.74) is 1.11. The highest BCUT2D eigenvalue weighted by Gasteiger charge is 2.11. The minimum absolute atomic E-state index is 0.0317. The van der Waals surface area contributed by atoms with Crippen molar-refractivity contribution in [2.24, 2.45) is 0 Å². The third kappa shape index (κ3) is 3.57. The molecule has 1 N–H and O–H groups in total. The van der Waals surface area contributed by atoms with E-state index in [4.69, 9.17) is 0 Å². The number of nitrogens with one attached hydrogen (secondary N) is 1. The maximum Gasteiger partial charge on any atom is 0.246 e. The zero-order chi connectivity index (χ0) is 14.5. The van der Waals surface area contributed by atoms with E-state index in [-0.39, 0.29) is 12.5 Å². The van der Waals surface area contributed by atoms with Crippen LogP contribution in [0.25, 0.3) is 0 Å². The van der Waals surface area contributed by atoms with Crippen LogP contribution in [0.5, 0.6) is 0 Å². The van der Waals surface area contributed by atoms with Gasteiger partial charge in [0, 0.05) is 17.2 Å². The Morgan fingerprint density at radius 3 is 2.60 bits per heavy atom. The lowest BCUT2D eigenvalue weighted by Gasteiger charge is -2.18. The van der Waals surface area contributed by atoms with Crippen LogP contribution in [0.1, 0.15) is 0 Å². The number of carbonyl (C=O) groups is 1. The number of benzene rings is 2. The number of para-hydroxylation sites is 1. The fourth-order valence-electron chi connectivity index (χ4n) is 1.72. The molecule has 5 heteroatoms. The standard InChI is InChI=1S/C15H14BrFN2O/c1-19(12-5-3-2-4-6-12)15(20)10-18-14-8-7-11(16)9-13(14)17/h2-9,18H,10H2,1H3. The van der Waals surface area contributed by atoms with Crippen LogP contribution in [0.2, 0.25) is 0 Å². The molecule has 20 heavy (non-hydrogen) atoms. The first-order chi connectivity index (χ1) is 9.58. The van der Waals surface area contributed by atoms with Gasteiger partial charge in [-0.05, 0) is 30.3 Å². The Kier molecular flexibility index (Phi) is 4.74. The van der Waals surface area contributed by atoms with Gasteiger partial charge < -0.3 is 10.2 Å². The maximum absolute atomic E-state index is 13.6. The number of amides is 1. The quantitative estimate of drug-likeness (QED) is 0.923. The molecule has 2 aromatic carbocycles. The molecule has 0 saturated carbocycles. The summed E-state index contributed by atoms with van der Waals surface area (Å²) in [4.78, 5) is 13.6. The van der Waals surface area contributed by atoms with Gasteiger partial charge in [-0.3, -0.25) is 4.79 Å². The van der Waals surface area contributed by atoms with Gasteiger partial charge in [-0.1, -0.05) is 34.1 Å². The Labute approximate surface area is 125 Å². The summed E-state index contributed by atoms with van der Waals surface area (Å²) in [5.74, 6) is -0.534. The van der Waals surface area contributed by atoms with Crippen LogP contribution in [0.4, 0.5) is 15.8 Å². The first-order valence-corrected chi connectivity index (χ1v) is 6.88. The second-order valence-corrected chi connectivity index (χ2v) is 5.18. The number of likely N-dealkylation sites (N-methyl/N-ethyl adjacent to an activating group) is 1. The largest absolute Gasteiger partial charge is 0.374 e. The Balaban J connectivity index is 1.98. The first kappa shape index (κ1) is 14.5. The van der Waals surface area contributed by atoms with Gasteiger partial charge in [0.15, 0.2) is 0 Å². The normalized spacial score (nSPS) is 10.2. The van der Waals surface area contributed by atoms with Crippen molar-refractivity contribution in [2.75, 3.05) is 23.8 Å². The van der Waals surface area contributed by atoms with Gasteiger partial charge in [-0.2, -0.15) is 0 Å². The average Bonchev–Trinajstić information content (AvgIpc) is 2.46. The molecule has 104 valence electrons.